The standard InChI is InChI=1S/C28H34O5/c1-5-31-25-16-13-23(28(19-25)32-6-2)9-7-8-22-12-17-26(18-27(22)30-4)33-20-21-10-14-24(29-3)15-11-21/h10-19H,5-9,20H2,1-4H3. The Morgan fingerprint density at radius 2 is 1.15 bits per heavy atom. The van der Waals surface area contributed by atoms with E-state index >= 15 is 0 Å². The molecule has 0 radical (unpaired) electrons. The van der Waals surface area contributed by atoms with Gasteiger partial charge in [-0.15, -0.1) is 0 Å². The normalized spacial score (nSPS) is 10.5. The molecule has 33 heavy (non-hydrogen) atoms. The van der Waals surface area contributed by atoms with Crippen molar-refractivity contribution in [3.8, 4) is 28.7 Å². The molecule has 3 aromatic carbocycles. The highest BCUT2D eigenvalue weighted by molar-refractivity contribution is 5.43. The smallest absolute Gasteiger partial charge is 0.126 e. The van der Waals surface area contributed by atoms with Gasteiger partial charge < -0.3 is 23.7 Å². The maximum Gasteiger partial charge on any atom is 0.126 e. The van der Waals surface area contributed by atoms with Crippen molar-refractivity contribution in [3.63, 3.8) is 0 Å². The van der Waals surface area contributed by atoms with Gasteiger partial charge in [-0.2, -0.15) is 0 Å². The first kappa shape index (κ1) is 24.3. The van der Waals surface area contributed by atoms with E-state index in [1.165, 1.54) is 5.56 Å². The van der Waals surface area contributed by atoms with E-state index in [1.807, 2.05) is 62.4 Å². The lowest BCUT2D eigenvalue weighted by Crippen LogP contribution is -2.01. The molecule has 0 fully saturated rings. The molecule has 0 unspecified atom stereocenters. The van der Waals surface area contributed by atoms with Crippen LogP contribution in [0.1, 0.15) is 37.0 Å². The predicted molar refractivity (Wildman–Crippen MR) is 131 cm³/mol. The lowest BCUT2D eigenvalue weighted by atomic mass is 10.0. The van der Waals surface area contributed by atoms with Crippen molar-refractivity contribution >= 4 is 0 Å². The Bertz CT molecular complexity index is 998. The van der Waals surface area contributed by atoms with E-state index in [1.54, 1.807) is 14.2 Å². The number of hydrogen-bond donors (Lipinski definition) is 0. The average molecular weight is 451 g/mol. The zero-order valence-corrected chi connectivity index (χ0v) is 20.1. The van der Waals surface area contributed by atoms with Gasteiger partial charge in [0.05, 0.1) is 27.4 Å². The van der Waals surface area contributed by atoms with Gasteiger partial charge in [0.1, 0.15) is 35.4 Å². The molecule has 0 aromatic heterocycles. The van der Waals surface area contributed by atoms with Gasteiger partial charge >= 0.3 is 0 Å². The molecule has 3 aromatic rings. The third-order valence-electron chi connectivity index (χ3n) is 5.36. The molecule has 0 amide bonds. The molecule has 3 rings (SSSR count). The van der Waals surface area contributed by atoms with Crippen LogP contribution in [0.4, 0.5) is 0 Å². The molecular formula is C28H34O5. The number of ether oxygens (including phenoxy) is 5. The van der Waals surface area contributed by atoms with Gasteiger partial charge in [0.15, 0.2) is 0 Å². The minimum Gasteiger partial charge on any atom is -0.497 e. The van der Waals surface area contributed by atoms with Crippen LogP contribution in [0, 0.1) is 0 Å². The van der Waals surface area contributed by atoms with Crippen LogP contribution < -0.4 is 23.7 Å². The molecular weight excluding hydrogens is 416 g/mol. The Balaban J connectivity index is 1.58. The number of methoxy groups -OCH3 is 2. The minimum absolute atomic E-state index is 0.491. The van der Waals surface area contributed by atoms with Crippen LogP contribution in [0.2, 0.25) is 0 Å². The second kappa shape index (κ2) is 12.6. The molecule has 0 atom stereocenters. The van der Waals surface area contributed by atoms with Gasteiger partial charge in [0, 0.05) is 12.1 Å². The summed E-state index contributed by atoms with van der Waals surface area (Å²) in [7, 11) is 3.36. The van der Waals surface area contributed by atoms with Crippen LogP contribution in [0.5, 0.6) is 28.7 Å². The fourth-order valence-corrected chi connectivity index (χ4v) is 3.67. The van der Waals surface area contributed by atoms with Crippen molar-refractivity contribution in [2.45, 2.75) is 39.7 Å². The van der Waals surface area contributed by atoms with Crippen LogP contribution >= 0.6 is 0 Å². The fourth-order valence-electron chi connectivity index (χ4n) is 3.67. The van der Waals surface area contributed by atoms with Gasteiger partial charge in [0.25, 0.3) is 0 Å². The van der Waals surface area contributed by atoms with Crippen molar-refractivity contribution in [3.05, 3.63) is 77.4 Å². The number of benzene rings is 3. The summed E-state index contributed by atoms with van der Waals surface area (Å²) >= 11 is 0. The summed E-state index contributed by atoms with van der Waals surface area (Å²) in [6.45, 7) is 5.75. The molecule has 0 aliphatic rings. The van der Waals surface area contributed by atoms with Crippen molar-refractivity contribution in [1.29, 1.82) is 0 Å². The molecule has 0 aliphatic heterocycles. The second-order valence-electron chi connectivity index (χ2n) is 7.60. The first-order valence-corrected chi connectivity index (χ1v) is 11.5. The van der Waals surface area contributed by atoms with E-state index in [4.69, 9.17) is 23.7 Å². The van der Waals surface area contributed by atoms with Crippen molar-refractivity contribution in [2.24, 2.45) is 0 Å². The predicted octanol–water partition coefficient (Wildman–Crippen LogP) is 6.26. The van der Waals surface area contributed by atoms with Crippen molar-refractivity contribution in [2.75, 3.05) is 27.4 Å². The van der Waals surface area contributed by atoms with Gasteiger partial charge in [-0.3, -0.25) is 0 Å². The molecule has 0 aliphatic carbocycles. The molecule has 0 saturated heterocycles. The third-order valence-corrected chi connectivity index (χ3v) is 5.36. The van der Waals surface area contributed by atoms with Crippen LogP contribution in [0.15, 0.2) is 60.7 Å². The third kappa shape index (κ3) is 7.07. The van der Waals surface area contributed by atoms with E-state index in [0.717, 1.165) is 59.1 Å². The number of rotatable bonds is 13. The summed E-state index contributed by atoms with van der Waals surface area (Å²) in [5.41, 5.74) is 3.44. The van der Waals surface area contributed by atoms with Gasteiger partial charge in [0.2, 0.25) is 0 Å². The monoisotopic (exact) mass is 450 g/mol. The fraction of sp³-hybridized carbons (Fsp3) is 0.357. The Morgan fingerprint density at radius 3 is 1.76 bits per heavy atom. The van der Waals surface area contributed by atoms with E-state index in [0.29, 0.717) is 19.8 Å². The van der Waals surface area contributed by atoms with Gasteiger partial charge in [-0.1, -0.05) is 24.3 Å². The first-order chi connectivity index (χ1) is 16.2. The van der Waals surface area contributed by atoms with Crippen LogP contribution in [0.3, 0.4) is 0 Å². The quantitative estimate of drug-likeness (QED) is 0.308. The Morgan fingerprint density at radius 1 is 0.576 bits per heavy atom. The second-order valence-corrected chi connectivity index (χ2v) is 7.60. The van der Waals surface area contributed by atoms with Gasteiger partial charge in [-0.25, -0.2) is 0 Å². The SMILES string of the molecule is CCOc1ccc(CCCc2ccc(OCc3ccc(OC)cc3)cc2OC)c(OCC)c1. The summed E-state index contributed by atoms with van der Waals surface area (Å²) < 4.78 is 28.2. The Kier molecular flexibility index (Phi) is 9.31. The van der Waals surface area contributed by atoms with Crippen molar-refractivity contribution < 1.29 is 23.7 Å². The van der Waals surface area contributed by atoms with Gasteiger partial charge in [-0.05, 0) is 74.1 Å². The Hall–Kier alpha value is -3.34. The summed E-state index contributed by atoms with van der Waals surface area (Å²) in [6, 6.07) is 20.0. The molecule has 0 saturated carbocycles. The zero-order valence-electron chi connectivity index (χ0n) is 20.1. The van der Waals surface area contributed by atoms with Crippen LogP contribution in [-0.4, -0.2) is 27.4 Å². The van der Waals surface area contributed by atoms with Crippen molar-refractivity contribution in [1.82, 2.24) is 0 Å². The molecule has 0 bridgehead atoms. The number of hydrogen-bond acceptors (Lipinski definition) is 5. The average Bonchev–Trinajstić information content (AvgIpc) is 2.85. The first-order valence-electron chi connectivity index (χ1n) is 11.5. The van der Waals surface area contributed by atoms with E-state index in [2.05, 4.69) is 12.1 Å². The van der Waals surface area contributed by atoms with Crippen LogP contribution in [0.25, 0.3) is 0 Å². The van der Waals surface area contributed by atoms with E-state index in [-0.39, 0.29) is 0 Å². The maximum absolute atomic E-state index is 5.96. The molecule has 0 N–H and O–H groups in total. The highest BCUT2D eigenvalue weighted by Crippen LogP contribution is 2.29. The Labute approximate surface area is 197 Å². The summed E-state index contributed by atoms with van der Waals surface area (Å²) in [5, 5.41) is 0. The number of aryl methyl sites for hydroxylation is 2. The molecule has 5 nitrogen and oxygen atoms in total. The highest BCUT2D eigenvalue weighted by Gasteiger charge is 2.09. The van der Waals surface area contributed by atoms with E-state index in [9.17, 15) is 0 Å². The topological polar surface area (TPSA) is 46.2 Å². The summed E-state index contributed by atoms with van der Waals surface area (Å²) in [5.74, 6) is 4.22. The van der Waals surface area contributed by atoms with Crippen LogP contribution in [-0.2, 0) is 19.4 Å². The lowest BCUT2D eigenvalue weighted by molar-refractivity contribution is 0.303. The molecule has 176 valence electrons. The largest absolute Gasteiger partial charge is 0.497 e. The minimum atomic E-state index is 0.491. The maximum atomic E-state index is 5.96. The molecule has 5 heteroatoms. The zero-order chi connectivity index (χ0) is 23.5. The summed E-state index contributed by atoms with van der Waals surface area (Å²) in [6.07, 6.45) is 2.80. The molecule has 0 heterocycles. The highest BCUT2D eigenvalue weighted by atomic mass is 16.5. The molecule has 0 spiro atoms. The lowest BCUT2D eigenvalue weighted by Gasteiger charge is -2.14. The summed E-state index contributed by atoms with van der Waals surface area (Å²) in [4.78, 5) is 0. The van der Waals surface area contributed by atoms with E-state index < -0.39 is 0 Å².